The third-order valence-corrected chi connectivity index (χ3v) is 3.94. The van der Waals surface area contributed by atoms with E-state index in [-0.39, 0.29) is 24.2 Å². The number of nitrogens with zero attached hydrogens (tertiary/aromatic N) is 2. The Morgan fingerprint density at radius 1 is 1.24 bits per heavy atom. The molecule has 1 aromatic carbocycles. The van der Waals surface area contributed by atoms with Gasteiger partial charge >= 0.3 is 6.36 Å². The van der Waals surface area contributed by atoms with Crippen LogP contribution in [-0.4, -0.2) is 35.9 Å². The van der Waals surface area contributed by atoms with Gasteiger partial charge in [0.1, 0.15) is 5.75 Å². The number of benzene rings is 1. The number of hydrogen-bond acceptors (Lipinski definition) is 4. The van der Waals surface area contributed by atoms with Crippen molar-refractivity contribution in [1.82, 2.24) is 15.2 Å². The minimum atomic E-state index is -4.67. The molecule has 1 N–H and O–H groups in total. The molecule has 25 heavy (non-hydrogen) atoms. The van der Waals surface area contributed by atoms with Gasteiger partial charge in [0.15, 0.2) is 0 Å². The van der Waals surface area contributed by atoms with Crippen molar-refractivity contribution in [3.05, 3.63) is 59.9 Å². The Morgan fingerprint density at radius 3 is 2.80 bits per heavy atom. The van der Waals surface area contributed by atoms with E-state index < -0.39 is 6.36 Å². The molecule has 1 fully saturated rings. The van der Waals surface area contributed by atoms with Gasteiger partial charge in [0.2, 0.25) is 0 Å². The van der Waals surface area contributed by atoms with E-state index in [1.165, 1.54) is 12.1 Å². The zero-order chi connectivity index (χ0) is 17.0. The summed E-state index contributed by atoms with van der Waals surface area (Å²) in [5.41, 5.74) is 1.87. The number of aromatic nitrogens is 1. The van der Waals surface area contributed by atoms with Crippen LogP contribution in [0.25, 0.3) is 0 Å². The second kappa shape index (κ2) is 8.51. The van der Waals surface area contributed by atoms with Crippen LogP contribution in [0.15, 0.2) is 48.8 Å². The first-order valence-electron chi connectivity index (χ1n) is 7.71. The third kappa shape index (κ3) is 5.59. The average Bonchev–Trinajstić information content (AvgIpc) is 2.55. The number of piperazine rings is 1. The molecule has 0 spiro atoms. The average molecular weight is 374 g/mol. The molecule has 3 rings (SSSR count). The van der Waals surface area contributed by atoms with Crippen LogP contribution in [0.2, 0.25) is 0 Å². The quantitative estimate of drug-likeness (QED) is 0.889. The molecule has 0 aliphatic carbocycles. The summed E-state index contributed by atoms with van der Waals surface area (Å²) in [4.78, 5) is 6.39. The van der Waals surface area contributed by atoms with Crippen LogP contribution in [0, 0.1) is 0 Å². The molecule has 2 aromatic rings. The molecule has 1 aliphatic rings. The van der Waals surface area contributed by atoms with Gasteiger partial charge in [-0.05, 0) is 29.3 Å². The van der Waals surface area contributed by atoms with E-state index in [9.17, 15) is 13.2 Å². The number of nitrogens with one attached hydrogen (secondary N) is 1. The van der Waals surface area contributed by atoms with Gasteiger partial charge in [-0.1, -0.05) is 18.2 Å². The first kappa shape index (κ1) is 19.5. The molecule has 1 atom stereocenters. The largest absolute Gasteiger partial charge is 0.573 e. The molecular formula is C17H19ClF3N3O. The van der Waals surface area contributed by atoms with Crippen LogP contribution in [0.5, 0.6) is 5.75 Å². The first-order valence-corrected chi connectivity index (χ1v) is 7.71. The van der Waals surface area contributed by atoms with E-state index in [0.717, 1.165) is 30.8 Å². The Labute approximate surface area is 150 Å². The van der Waals surface area contributed by atoms with E-state index in [4.69, 9.17) is 0 Å². The number of ether oxygens (including phenoxy) is 1. The van der Waals surface area contributed by atoms with Crippen LogP contribution in [0.4, 0.5) is 13.2 Å². The van der Waals surface area contributed by atoms with Gasteiger partial charge in [-0.15, -0.1) is 25.6 Å². The molecule has 1 aliphatic heterocycles. The summed E-state index contributed by atoms with van der Waals surface area (Å²) in [7, 11) is 0. The zero-order valence-electron chi connectivity index (χ0n) is 13.4. The lowest BCUT2D eigenvalue weighted by molar-refractivity contribution is -0.274. The Morgan fingerprint density at radius 2 is 2.08 bits per heavy atom. The Hall–Kier alpha value is -1.83. The van der Waals surface area contributed by atoms with Gasteiger partial charge in [0.05, 0.1) is 0 Å². The summed E-state index contributed by atoms with van der Waals surface area (Å²) < 4.78 is 41.1. The highest BCUT2D eigenvalue weighted by molar-refractivity contribution is 5.85. The number of rotatable bonds is 4. The number of halogens is 4. The van der Waals surface area contributed by atoms with Crippen molar-refractivity contribution in [2.75, 3.05) is 19.6 Å². The topological polar surface area (TPSA) is 37.4 Å². The first-order chi connectivity index (χ1) is 11.5. The molecule has 1 unspecified atom stereocenters. The summed E-state index contributed by atoms with van der Waals surface area (Å²) in [6.07, 6.45) is -1.12. The van der Waals surface area contributed by atoms with Crippen molar-refractivity contribution in [3.8, 4) is 5.75 Å². The van der Waals surface area contributed by atoms with E-state index in [0.29, 0.717) is 6.54 Å². The molecule has 0 bridgehead atoms. The van der Waals surface area contributed by atoms with Crippen molar-refractivity contribution in [3.63, 3.8) is 0 Å². The molecule has 136 valence electrons. The SMILES string of the molecule is Cl.FC(F)(F)Oc1cccc(CN2CCNCC2c2cccnc2)c1. The maximum absolute atomic E-state index is 12.4. The summed E-state index contributed by atoms with van der Waals surface area (Å²) >= 11 is 0. The Bertz CT molecular complexity index is 670. The van der Waals surface area contributed by atoms with Crippen LogP contribution in [0.3, 0.4) is 0 Å². The highest BCUT2D eigenvalue weighted by Gasteiger charge is 2.31. The predicted molar refractivity (Wildman–Crippen MR) is 90.6 cm³/mol. The van der Waals surface area contributed by atoms with E-state index >= 15 is 0 Å². The third-order valence-electron chi connectivity index (χ3n) is 3.94. The monoisotopic (exact) mass is 373 g/mol. The van der Waals surface area contributed by atoms with E-state index in [2.05, 4.69) is 19.9 Å². The minimum absolute atomic E-state index is 0. The molecule has 8 heteroatoms. The second-order valence-electron chi connectivity index (χ2n) is 5.67. The lowest BCUT2D eigenvalue weighted by Gasteiger charge is -2.36. The fraction of sp³-hybridized carbons (Fsp3) is 0.353. The molecule has 1 saturated heterocycles. The van der Waals surface area contributed by atoms with Gasteiger partial charge in [0.25, 0.3) is 0 Å². The highest BCUT2D eigenvalue weighted by atomic mass is 35.5. The zero-order valence-corrected chi connectivity index (χ0v) is 14.2. The van der Waals surface area contributed by atoms with Crippen LogP contribution < -0.4 is 10.1 Å². The molecule has 0 amide bonds. The summed E-state index contributed by atoms with van der Waals surface area (Å²) in [5, 5.41) is 3.35. The van der Waals surface area contributed by atoms with Crippen LogP contribution >= 0.6 is 12.4 Å². The Kier molecular flexibility index (Phi) is 6.64. The summed E-state index contributed by atoms with van der Waals surface area (Å²) in [6.45, 7) is 2.99. The minimum Gasteiger partial charge on any atom is -0.406 e. The summed E-state index contributed by atoms with van der Waals surface area (Å²) in [6, 6.07) is 10.2. The molecule has 0 radical (unpaired) electrons. The second-order valence-corrected chi connectivity index (χ2v) is 5.67. The van der Waals surface area contributed by atoms with Crippen LogP contribution in [0.1, 0.15) is 17.2 Å². The highest BCUT2D eigenvalue weighted by Crippen LogP contribution is 2.27. The lowest BCUT2D eigenvalue weighted by Crippen LogP contribution is -2.45. The van der Waals surface area contributed by atoms with Gasteiger partial charge in [-0.25, -0.2) is 0 Å². The smallest absolute Gasteiger partial charge is 0.406 e. The predicted octanol–water partition coefficient (Wildman–Crippen LogP) is 3.55. The van der Waals surface area contributed by atoms with E-state index in [1.807, 2.05) is 24.4 Å². The summed E-state index contributed by atoms with van der Waals surface area (Å²) in [5.74, 6) is -0.187. The standard InChI is InChI=1S/C17H18F3N3O.ClH/c18-17(19,20)24-15-5-1-3-13(9-15)12-23-8-7-22-11-16(23)14-4-2-6-21-10-14;/h1-6,9-10,16,22H,7-8,11-12H2;1H. The molecule has 1 aromatic heterocycles. The number of alkyl halides is 3. The number of hydrogen-bond donors (Lipinski definition) is 1. The van der Waals surface area contributed by atoms with Crippen molar-refractivity contribution >= 4 is 12.4 Å². The van der Waals surface area contributed by atoms with Gasteiger partial charge in [0, 0.05) is 44.6 Å². The maximum atomic E-state index is 12.4. The maximum Gasteiger partial charge on any atom is 0.573 e. The normalized spacial score (nSPS) is 18.4. The molecule has 0 saturated carbocycles. The van der Waals surface area contributed by atoms with Crippen molar-refractivity contribution in [1.29, 1.82) is 0 Å². The van der Waals surface area contributed by atoms with Gasteiger partial charge in [-0.3, -0.25) is 9.88 Å². The lowest BCUT2D eigenvalue weighted by atomic mass is 10.0. The fourth-order valence-electron chi connectivity index (χ4n) is 2.91. The van der Waals surface area contributed by atoms with Crippen molar-refractivity contribution < 1.29 is 17.9 Å². The molecular weight excluding hydrogens is 355 g/mol. The molecule has 4 nitrogen and oxygen atoms in total. The van der Waals surface area contributed by atoms with Gasteiger partial charge < -0.3 is 10.1 Å². The van der Waals surface area contributed by atoms with Crippen molar-refractivity contribution in [2.24, 2.45) is 0 Å². The van der Waals surface area contributed by atoms with Gasteiger partial charge in [-0.2, -0.15) is 0 Å². The van der Waals surface area contributed by atoms with E-state index in [1.54, 1.807) is 12.3 Å². The number of pyridine rings is 1. The molecule has 2 heterocycles. The van der Waals surface area contributed by atoms with Crippen molar-refractivity contribution in [2.45, 2.75) is 18.9 Å². The fourth-order valence-corrected chi connectivity index (χ4v) is 2.91. The van der Waals surface area contributed by atoms with Crippen LogP contribution in [-0.2, 0) is 6.54 Å². The Balaban J connectivity index is 0.00000225.